The second kappa shape index (κ2) is 6.73. The maximum absolute atomic E-state index is 14.0. The van der Waals surface area contributed by atoms with Crippen molar-refractivity contribution in [1.29, 1.82) is 0 Å². The molecule has 1 atom stereocenters. The Morgan fingerprint density at radius 3 is 2.50 bits per heavy atom. The van der Waals surface area contributed by atoms with Crippen LogP contribution in [0.2, 0.25) is 5.02 Å². The molecule has 1 N–H and O–H groups in total. The molecule has 2 aromatic carbocycles. The van der Waals surface area contributed by atoms with Gasteiger partial charge in [0.2, 0.25) is 0 Å². The molecule has 0 bridgehead atoms. The van der Waals surface area contributed by atoms with Gasteiger partial charge in [-0.3, -0.25) is 0 Å². The largest absolute Gasteiger partial charge is 0.494 e. The van der Waals surface area contributed by atoms with E-state index >= 15 is 0 Å². The summed E-state index contributed by atoms with van der Waals surface area (Å²) in [5.74, 6) is 0.528. The molecule has 2 nitrogen and oxygen atoms in total. The van der Waals surface area contributed by atoms with Gasteiger partial charge in [-0.25, -0.2) is 4.39 Å². The number of rotatable bonds is 5. The number of ether oxygens (including phenoxy) is 1. The molecule has 0 amide bonds. The molecule has 0 aromatic heterocycles. The van der Waals surface area contributed by atoms with Crippen LogP contribution in [-0.4, -0.2) is 13.7 Å². The average molecular weight is 294 g/mol. The van der Waals surface area contributed by atoms with E-state index in [1.807, 2.05) is 31.2 Å². The number of benzene rings is 2. The maximum Gasteiger partial charge on any atom is 0.128 e. The van der Waals surface area contributed by atoms with Gasteiger partial charge in [0, 0.05) is 10.6 Å². The number of hydrogen-bond donors (Lipinski definition) is 1. The van der Waals surface area contributed by atoms with Crippen LogP contribution >= 0.6 is 11.6 Å². The Morgan fingerprint density at radius 1 is 1.20 bits per heavy atom. The topological polar surface area (TPSA) is 21.3 Å². The van der Waals surface area contributed by atoms with Gasteiger partial charge in [0.1, 0.15) is 11.6 Å². The molecule has 0 spiro atoms. The first-order valence-electron chi connectivity index (χ1n) is 6.50. The number of nitrogens with one attached hydrogen (secondary N) is 1. The molecule has 0 aliphatic rings. The monoisotopic (exact) mass is 293 g/mol. The first kappa shape index (κ1) is 14.8. The minimum atomic E-state index is -0.275. The SMILES string of the molecule is CCOc1ccc(C(NC)c2cc(Cl)ccc2F)cc1. The summed E-state index contributed by atoms with van der Waals surface area (Å²) in [6.45, 7) is 2.56. The van der Waals surface area contributed by atoms with Gasteiger partial charge in [-0.2, -0.15) is 0 Å². The third kappa shape index (κ3) is 3.30. The fourth-order valence-electron chi connectivity index (χ4n) is 2.16. The lowest BCUT2D eigenvalue weighted by atomic mass is 9.98. The van der Waals surface area contributed by atoms with Gasteiger partial charge < -0.3 is 10.1 Å². The summed E-state index contributed by atoms with van der Waals surface area (Å²) in [6.07, 6.45) is 0. The van der Waals surface area contributed by atoms with Crippen molar-refractivity contribution in [2.75, 3.05) is 13.7 Å². The molecule has 0 aliphatic carbocycles. The fourth-order valence-corrected chi connectivity index (χ4v) is 2.34. The highest BCUT2D eigenvalue weighted by molar-refractivity contribution is 6.30. The number of hydrogen-bond acceptors (Lipinski definition) is 2. The highest BCUT2D eigenvalue weighted by atomic mass is 35.5. The summed E-state index contributed by atoms with van der Waals surface area (Å²) in [6, 6.07) is 11.9. The zero-order valence-corrected chi connectivity index (χ0v) is 12.2. The highest BCUT2D eigenvalue weighted by Crippen LogP contribution is 2.27. The van der Waals surface area contributed by atoms with Gasteiger partial charge in [-0.1, -0.05) is 23.7 Å². The van der Waals surface area contributed by atoms with Crippen LogP contribution < -0.4 is 10.1 Å². The van der Waals surface area contributed by atoms with Gasteiger partial charge in [-0.05, 0) is 49.9 Å². The van der Waals surface area contributed by atoms with Gasteiger partial charge in [0.15, 0.2) is 0 Å². The molecule has 0 radical (unpaired) electrons. The van der Waals surface area contributed by atoms with Crippen molar-refractivity contribution in [1.82, 2.24) is 5.32 Å². The van der Waals surface area contributed by atoms with Crippen molar-refractivity contribution in [3.63, 3.8) is 0 Å². The summed E-state index contributed by atoms with van der Waals surface area (Å²) in [5.41, 5.74) is 1.49. The Morgan fingerprint density at radius 2 is 1.90 bits per heavy atom. The van der Waals surface area contributed by atoms with Gasteiger partial charge >= 0.3 is 0 Å². The summed E-state index contributed by atoms with van der Waals surface area (Å²) < 4.78 is 19.4. The lowest BCUT2D eigenvalue weighted by Crippen LogP contribution is -2.19. The normalized spacial score (nSPS) is 12.2. The third-order valence-corrected chi connectivity index (χ3v) is 3.32. The Balaban J connectivity index is 2.34. The number of halogens is 2. The van der Waals surface area contributed by atoms with Crippen LogP contribution in [0.25, 0.3) is 0 Å². The highest BCUT2D eigenvalue weighted by Gasteiger charge is 2.16. The average Bonchev–Trinajstić information content (AvgIpc) is 2.45. The van der Waals surface area contributed by atoms with Crippen LogP contribution in [0.15, 0.2) is 42.5 Å². The summed E-state index contributed by atoms with van der Waals surface area (Å²) in [4.78, 5) is 0. The van der Waals surface area contributed by atoms with E-state index in [0.717, 1.165) is 11.3 Å². The zero-order chi connectivity index (χ0) is 14.5. The van der Waals surface area contributed by atoms with Gasteiger partial charge in [-0.15, -0.1) is 0 Å². The molecule has 0 heterocycles. The predicted octanol–water partition coefficient (Wildman–Crippen LogP) is 4.19. The lowest BCUT2D eigenvalue weighted by molar-refractivity contribution is 0.340. The molecule has 106 valence electrons. The van der Waals surface area contributed by atoms with E-state index in [-0.39, 0.29) is 11.9 Å². The fraction of sp³-hybridized carbons (Fsp3) is 0.250. The summed E-state index contributed by atoms with van der Waals surface area (Å²) in [5, 5.41) is 3.64. The van der Waals surface area contributed by atoms with Crippen molar-refractivity contribution in [3.8, 4) is 5.75 Å². The van der Waals surface area contributed by atoms with Crippen LogP contribution in [0.1, 0.15) is 24.1 Å². The van der Waals surface area contributed by atoms with Crippen molar-refractivity contribution in [2.45, 2.75) is 13.0 Å². The maximum atomic E-state index is 14.0. The molecule has 0 aliphatic heterocycles. The molecule has 0 saturated carbocycles. The quantitative estimate of drug-likeness (QED) is 0.892. The van der Waals surface area contributed by atoms with Crippen LogP contribution in [-0.2, 0) is 0 Å². The van der Waals surface area contributed by atoms with Crippen LogP contribution in [0.4, 0.5) is 4.39 Å². The van der Waals surface area contributed by atoms with E-state index in [1.54, 1.807) is 19.2 Å². The molecule has 20 heavy (non-hydrogen) atoms. The van der Waals surface area contributed by atoms with Gasteiger partial charge in [0.05, 0.1) is 12.6 Å². The van der Waals surface area contributed by atoms with E-state index in [9.17, 15) is 4.39 Å². The molecule has 1 unspecified atom stereocenters. The minimum Gasteiger partial charge on any atom is -0.494 e. The van der Waals surface area contributed by atoms with E-state index in [2.05, 4.69) is 5.32 Å². The molecule has 0 fully saturated rings. The van der Waals surface area contributed by atoms with Crippen LogP contribution in [0.5, 0.6) is 5.75 Å². The molecule has 4 heteroatoms. The zero-order valence-electron chi connectivity index (χ0n) is 11.5. The first-order chi connectivity index (χ1) is 9.65. The molecular formula is C16H17ClFNO. The van der Waals surface area contributed by atoms with E-state index in [0.29, 0.717) is 17.2 Å². The van der Waals surface area contributed by atoms with Gasteiger partial charge in [0.25, 0.3) is 0 Å². The molecule has 2 aromatic rings. The van der Waals surface area contributed by atoms with Crippen molar-refractivity contribution in [2.24, 2.45) is 0 Å². The standard InChI is InChI=1S/C16H17ClFNO/c1-3-20-13-7-4-11(5-8-13)16(19-2)14-10-12(17)6-9-15(14)18/h4-10,16,19H,3H2,1-2H3. The van der Waals surface area contributed by atoms with Crippen molar-refractivity contribution < 1.29 is 9.13 Å². The Kier molecular flexibility index (Phi) is 4.99. The smallest absolute Gasteiger partial charge is 0.128 e. The van der Waals surface area contributed by atoms with Crippen LogP contribution in [0.3, 0.4) is 0 Å². The lowest BCUT2D eigenvalue weighted by Gasteiger charge is -2.18. The van der Waals surface area contributed by atoms with Crippen LogP contribution in [0, 0.1) is 5.82 Å². The Labute approximate surface area is 123 Å². The Bertz CT molecular complexity index is 571. The molecule has 2 rings (SSSR count). The second-order valence-electron chi connectivity index (χ2n) is 4.39. The van der Waals surface area contributed by atoms with E-state index in [1.165, 1.54) is 6.07 Å². The minimum absolute atomic E-state index is 0.246. The third-order valence-electron chi connectivity index (χ3n) is 3.08. The van der Waals surface area contributed by atoms with E-state index in [4.69, 9.17) is 16.3 Å². The molecular weight excluding hydrogens is 277 g/mol. The Hall–Kier alpha value is -1.58. The molecule has 0 saturated heterocycles. The van der Waals surface area contributed by atoms with E-state index < -0.39 is 0 Å². The second-order valence-corrected chi connectivity index (χ2v) is 4.83. The summed E-state index contributed by atoms with van der Waals surface area (Å²) >= 11 is 5.96. The van der Waals surface area contributed by atoms with Crippen molar-refractivity contribution in [3.05, 3.63) is 64.4 Å². The summed E-state index contributed by atoms with van der Waals surface area (Å²) in [7, 11) is 1.79. The first-order valence-corrected chi connectivity index (χ1v) is 6.88. The van der Waals surface area contributed by atoms with Crippen molar-refractivity contribution >= 4 is 11.6 Å². The predicted molar refractivity (Wildman–Crippen MR) is 79.9 cm³/mol.